The molecule has 1 aliphatic rings. The highest BCUT2D eigenvalue weighted by Crippen LogP contribution is 2.27. The van der Waals surface area contributed by atoms with E-state index in [4.69, 9.17) is 15.6 Å². The maximum absolute atomic E-state index is 12.1. The van der Waals surface area contributed by atoms with Crippen LogP contribution in [0.2, 0.25) is 0 Å². The summed E-state index contributed by atoms with van der Waals surface area (Å²) in [6.45, 7) is 4.69. The lowest BCUT2D eigenvalue weighted by Crippen LogP contribution is -2.52. The normalized spacial score (nSPS) is 31.4. The molecule has 5 nitrogen and oxygen atoms in total. The maximum atomic E-state index is 12.1. The fourth-order valence-electron chi connectivity index (χ4n) is 1.81. The van der Waals surface area contributed by atoms with Gasteiger partial charge >= 0.3 is 0 Å². The van der Waals surface area contributed by atoms with E-state index in [-0.39, 0.29) is 24.6 Å². The van der Waals surface area contributed by atoms with Gasteiger partial charge in [0.1, 0.15) is 0 Å². The van der Waals surface area contributed by atoms with Crippen LogP contribution in [0.3, 0.4) is 0 Å². The summed E-state index contributed by atoms with van der Waals surface area (Å²) in [5.41, 5.74) is 5.23. The van der Waals surface area contributed by atoms with Crippen molar-refractivity contribution in [2.24, 2.45) is 11.1 Å². The van der Waals surface area contributed by atoms with Crippen LogP contribution >= 0.6 is 0 Å². The Kier molecular flexibility index (Phi) is 4.70. The van der Waals surface area contributed by atoms with Crippen molar-refractivity contribution in [1.29, 1.82) is 0 Å². The van der Waals surface area contributed by atoms with E-state index in [1.165, 1.54) is 0 Å². The molecule has 3 unspecified atom stereocenters. The number of aliphatic hydroxyl groups excluding tert-OH is 1. The predicted octanol–water partition coefficient (Wildman–Crippen LogP) is -0.373. The number of carbonyl (C=O) groups is 1. The molecule has 0 radical (unpaired) electrons. The van der Waals surface area contributed by atoms with Crippen LogP contribution in [0, 0.1) is 5.41 Å². The van der Waals surface area contributed by atoms with E-state index in [1.807, 2.05) is 13.8 Å². The van der Waals surface area contributed by atoms with Crippen molar-refractivity contribution in [2.75, 3.05) is 19.8 Å². The van der Waals surface area contributed by atoms with Crippen molar-refractivity contribution >= 4 is 5.91 Å². The van der Waals surface area contributed by atoms with Gasteiger partial charge in [0, 0.05) is 18.7 Å². The van der Waals surface area contributed by atoms with Gasteiger partial charge in [0.2, 0.25) is 5.91 Å². The number of nitrogens with one attached hydrogen (secondary N) is 1. The minimum Gasteiger partial charge on any atom is -0.396 e. The standard InChI is InChI=1S/C11H22N2O3/c1-3-8(4-5-14)13-10(15)11(2)7-16-6-9(11)12/h8-9,14H,3-7,12H2,1-2H3,(H,13,15). The molecule has 0 aliphatic carbocycles. The number of hydrogen-bond donors (Lipinski definition) is 3. The van der Waals surface area contributed by atoms with Crippen LogP contribution in [-0.4, -0.2) is 42.9 Å². The second-order valence-electron chi connectivity index (χ2n) is 4.63. The molecule has 4 N–H and O–H groups in total. The quantitative estimate of drug-likeness (QED) is 0.601. The molecule has 0 spiro atoms. The lowest BCUT2D eigenvalue weighted by atomic mass is 9.84. The first kappa shape index (κ1) is 13.4. The van der Waals surface area contributed by atoms with Crippen LogP contribution in [0.5, 0.6) is 0 Å². The average Bonchev–Trinajstić information content (AvgIpc) is 2.60. The first-order valence-corrected chi connectivity index (χ1v) is 5.79. The van der Waals surface area contributed by atoms with E-state index >= 15 is 0 Å². The van der Waals surface area contributed by atoms with Gasteiger partial charge in [-0.3, -0.25) is 4.79 Å². The van der Waals surface area contributed by atoms with Crippen molar-refractivity contribution in [1.82, 2.24) is 5.32 Å². The molecule has 1 saturated heterocycles. The lowest BCUT2D eigenvalue weighted by Gasteiger charge is -2.28. The molecule has 5 heteroatoms. The number of carbonyl (C=O) groups excluding carboxylic acids is 1. The lowest BCUT2D eigenvalue weighted by molar-refractivity contribution is -0.131. The highest BCUT2D eigenvalue weighted by molar-refractivity contribution is 5.83. The van der Waals surface area contributed by atoms with E-state index in [1.54, 1.807) is 0 Å². The van der Waals surface area contributed by atoms with Gasteiger partial charge in [0.05, 0.1) is 18.6 Å². The van der Waals surface area contributed by atoms with Gasteiger partial charge in [-0.25, -0.2) is 0 Å². The highest BCUT2D eigenvalue weighted by atomic mass is 16.5. The fraction of sp³-hybridized carbons (Fsp3) is 0.909. The monoisotopic (exact) mass is 230 g/mol. The topological polar surface area (TPSA) is 84.6 Å². The number of amides is 1. The number of rotatable bonds is 5. The molecule has 1 aliphatic heterocycles. The van der Waals surface area contributed by atoms with Crippen LogP contribution < -0.4 is 11.1 Å². The number of ether oxygens (including phenoxy) is 1. The third-order valence-electron chi connectivity index (χ3n) is 3.34. The molecular weight excluding hydrogens is 208 g/mol. The summed E-state index contributed by atoms with van der Waals surface area (Å²) in [4.78, 5) is 12.1. The van der Waals surface area contributed by atoms with Gasteiger partial charge in [0.25, 0.3) is 0 Å². The molecule has 16 heavy (non-hydrogen) atoms. The Morgan fingerprint density at radius 3 is 2.88 bits per heavy atom. The first-order valence-electron chi connectivity index (χ1n) is 5.79. The van der Waals surface area contributed by atoms with Gasteiger partial charge in [-0.2, -0.15) is 0 Å². The summed E-state index contributed by atoms with van der Waals surface area (Å²) in [6, 6.07) is -0.235. The Balaban J connectivity index is 2.56. The summed E-state index contributed by atoms with van der Waals surface area (Å²) in [6.07, 6.45) is 1.38. The molecule has 1 rings (SSSR count). The molecule has 0 aromatic rings. The van der Waals surface area contributed by atoms with E-state index in [0.29, 0.717) is 19.6 Å². The Morgan fingerprint density at radius 2 is 2.44 bits per heavy atom. The Bertz CT molecular complexity index is 247. The zero-order chi connectivity index (χ0) is 12.2. The van der Waals surface area contributed by atoms with E-state index < -0.39 is 5.41 Å². The summed E-state index contributed by atoms with van der Waals surface area (Å²) in [7, 11) is 0. The highest BCUT2D eigenvalue weighted by Gasteiger charge is 2.44. The summed E-state index contributed by atoms with van der Waals surface area (Å²) in [5.74, 6) is -0.0715. The number of nitrogens with two attached hydrogens (primary N) is 1. The zero-order valence-corrected chi connectivity index (χ0v) is 10.0. The molecule has 0 aromatic heterocycles. The molecule has 3 atom stereocenters. The zero-order valence-electron chi connectivity index (χ0n) is 10.0. The third kappa shape index (κ3) is 2.72. The second kappa shape index (κ2) is 5.61. The van der Waals surface area contributed by atoms with Crippen molar-refractivity contribution in [3.8, 4) is 0 Å². The van der Waals surface area contributed by atoms with Crippen molar-refractivity contribution in [2.45, 2.75) is 38.8 Å². The van der Waals surface area contributed by atoms with Crippen LogP contribution in [0.4, 0.5) is 0 Å². The summed E-state index contributed by atoms with van der Waals surface area (Å²) < 4.78 is 5.23. The van der Waals surface area contributed by atoms with Crippen molar-refractivity contribution < 1.29 is 14.6 Å². The van der Waals surface area contributed by atoms with Crippen molar-refractivity contribution in [3.63, 3.8) is 0 Å². The molecule has 0 aromatic carbocycles. The van der Waals surface area contributed by atoms with Crippen LogP contribution in [0.15, 0.2) is 0 Å². The molecule has 94 valence electrons. The molecule has 1 amide bonds. The average molecular weight is 230 g/mol. The maximum Gasteiger partial charge on any atom is 0.230 e. The molecule has 1 fully saturated rings. The van der Waals surface area contributed by atoms with Crippen molar-refractivity contribution in [3.05, 3.63) is 0 Å². The molecule has 0 bridgehead atoms. The van der Waals surface area contributed by atoms with Gasteiger partial charge in [0.15, 0.2) is 0 Å². The Hall–Kier alpha value is -0.650. The van der Waals surface area contributed by atoms with E-state index in [9.17, 15) is 4.79 Å². The first-order chi connectivity index (χ1) is 7.54. The summed E-state index contributed by atoms with van der Waals surface area (Å²) >= 11 is 0. The third-order valence-corrected chi connectivity index (χ3v) is 3.34. The van der Waals surface area contributed by atoms with Crippen LogP contribution in [-0.2, 0) is 9.53 Å². The Labute approximate surface area is 96.3 Å². The minimum absolute atomic E-state index is 0.0159. The molecular formula is C11H22N2O3. The minimum atomic E-state index is -0.636. The van der Waals surface area contributed by atoms with E-state index in [2.05, 4.69) is 5.32 Å². The molecule has 1 heterocycles. The predicted molar refractivity (Wildman–Crippen MR) is 60.8 cm³/mol. The fourth-order valence-corrected chi connectivity index (χ4v) is 1.81. The largest absolute Gasteiger partial charge is 0.396 e. The second-order valence-corrected chi connectivity index (χ2v) is 4.63. The number of hydrogen-bond acceptors (Lipinski definition) is 4. The van der Waals surface area contributed by atoms with Crippen LogP contribution in [0.1, 0.15) is 26.7 Å². The van der Waals surface area contributed by atoms with Gasteiger partial charge in [-0.05, 0) is 19.8 Å². The van der Waals surface area contributed by atoms with Gasteiger partial charge in [-0.15, -0.1) is 0 Å². The van der Waals surface area contributed by atoms with Gasteiger partial charge in [-0.1, -0.05) is 6.92 Å². The Morgan fingerprint density at radius 1 is 1.75 bits per heavy atom. The smallest absolute Gasteiger partial charge is 0.230 e. The van der Waals surface area contributed by atoms with E-state index in [0.717, 1.165) is 6.42 Å². The van der Waals surface area contributed by atoms with Crippen LogP contribution in [0.25, 0.3) is 0 Å². The molecule has 0 saturated carbocycles. The van der Waals surface area contributed by atoms with Gasteiger partial charge < -0.3 is 20.9 Å². The number of aliphatic hydroxyl groups is 1. The summed E-state index contributed by atoms with van der Waals surface area (Å²) in [5, 5.41) is 11.8. The SMILES string of the molecule is CCC(CCO)NC(=O)C1(C)COCC1N.